The first-order valence-electron chi connectivity index (χ1n) is 10.7. The summed E-state index contributed by atoms with van der Waals surface area (Å²) in [5.41, 5.74) is -0.608. The number of carbonyl (C=O) groups excluding carboxylic acids is 1. The molecule has 0 aromatic carbocycles. The van der Waals surface area contributed by atoms with E-state index in [1.807, 2.05) is 0 Å². The number of fused-ring (bicyclic) bond motifs is 2. The fourth-order valence-corrected chi connectivity index (χ4v) is 5.69. The Labute approximate surface area is 169 Å². The summed E-state index contributed by atoms with van der Waals surface area (Å²) in [5, 5.41) is 0. The monoisotopic (exact) mass is 421 g/mol. The molecule has 3 heterocycles. The maximum Gasteiger partial charge on any atom is 0.422 e. The van der Waals surface area contributed by atoms with Crippen LogP contribution in [0.4, 0.5) is 13.2 Å². The summed E-state index contributed by atoms with van der Waals surface area (Å²) in [5.74, 6) is -0.788. The molecule has 1 spiro atoms. The Hall–Kier alpha value is -0.900. The molecule has 4 rings (SSSR count). The molecular formula is C20H30F3NO5. The number of ether oxygens (including phenoxy) is 4. The quantitative estimate of drug-likeness (QED) is 0.612. The summed E-state index contributed by atoms with van der Waals surface area (Å²) in [4.78, 5) is 14.5. The minimum atomic E-state index is -4.50. The summed E-state index contributed by atoms with van der Waals surface area (Å²) in [6.07, 6.45) is 3.56. The summed E-state index contributed by atoms with van der Waals surface area (Å²) < 4.78 is 59.3. The van der Waals surface area contributed by atoms with Crippen LogP contribution >= 0.6 is 0 Å². The lowest BCUT2D eigenvalue weighted by molar-refractivity contribution is -0.188. The third-order valence-corrected chi connectivity index (χ3v) is 6.84. The van der Waals surface area contributed by atoms with Gasteiger partial charge in [0, 0.05) is 18.0 Å². The topological polar surface area (TPSA) is 57.2 Å². The Morgan fingerprint density at radius 2 is 1.83 bits per heavy atom. The Bertz CT molecular complexity index is 589. The van der Waals surface area contributed by atoms with Crippen LogP contribution in [0.25, 0.3) is 0 Å². The van der Waals surface area contributed by atoms with Crippen LogP contribution in [0.15, 0.2) is 0 Å². The van der Waals surface area contributed by atoms with E-state index >= 15 is 0 Å². The van der Waals surface area contributed by atoms with Gasteiger partial charge >= 0.3 is 12.1 Å². The van der Waals surface area contributed by atoms with E-state index in [1.54, 1.807) is 0 Å². The van der Waals surface area contributed by atoms with Gasteiger partial charge in [-0.25, -0.2) is 0 Å². The molecular weight excluding hydrogens is 391 g/mol. The Morgan fingerprint density at radius 1 is 1.10 bits per heavy atom. The van der Waals surface area contributed by atoms with Crippen molar-refractivity contribution in [2.45, 2.75) is 94.0 Å². The smallest absolute Gasteiger partial charge is 0.422 e. The summed E-state index contributed by atoms with van der Waals surface area (Å²) in [7, 11) is 0. The van der Waals surface area contributed by atoms with Crippen molar-refractivity contribution >= 4 is 5.97 Å². The fourth-order valence-electron chi connectivity index (χ4n) is 5.69. The van der Waals surface area contributed by atoms with Crippen LogP contribution in [0.1, 0.15) is 64.2 Å². The predicted octanol–water partition coefficient (Wildman–Crippen LogP) is 3.53. The molecule has 0 bridgehead atoms. The van der Waals surface area contributed by atoms with Crippen LogP contribution in [0.5, 0.6) is 0 Å². The average molecular weight is 421 g/mol. The zero-order valence-electron chi connectivity index (χ0n) is 16.7. The van der Waals surface area contributed by atoms with Crippen molar-refractivity contribution in [3.05, 3.63) is 0 Å². The lowest BCUT2D eigenvalue weighted by atomic mass is 9.86. The maximum atomic E-state index is 12.4. The third-order valence-electron chi connectivity index (χ3n) is 6.84. The van der Waals surface area contributed by atoms with Gasteiger partial charge in [-0.15, -0.1) is 0 Å². The molecule has 3 aliphatic heterocycles. The summed E-state index contributed by atoms with van der Waals surface area (Å²) in [6, 6.07) is -0.151. The molecule has 3 saturated heterocycles. The number of hydrogen-bond donors (Lipinski definition) is 0. The number of nitrogens with zero attached hydrogens (tertiary/aromatic N) is 1. The van der Waals surface area contributed by atoms with Crippen molar-refractivity contribution in [3.63, 3.8) is 0 Å². The van der Waals surface area contributed by atoms with Crippen LogP contribution < -0.4 is 0 Å². The minimum Gasteiger partial charge on any atom is -0.456 e. The lowest BCUT2D eigenvalue weighted by Gasteiger charge is -2.46. The molecule has 1 aliphatic carbocycles. The highest BCUT2D eigenvalue weighted by atomic mass is 19.4. The molecule has 4 fully saturated rings. The Kier molecular flexibility index (Phi) is 6.12. The highest BCUT2D eigenvalue weighted by Crippen LogP contribution is 2.54. The molecule has 0 aromatic heterocycles. The molecule has 1 saturated carbocycles. The van der Waals surface area contributed by atoms with Gasteiger partial charge in [-0.3, -0.25) is 9.69 Å². The standard InChI is InChI=1S/C20H30F3NO5/c21-20(22,23)14-28-16(25)12-15-4-8-18(9-5-17-26-10-11-27-17)13-29-19(24(15)18)6-2-1-3-7-19/h15,17H,1-14H2/t15-,18+/m1/s1. The van der Waals surface area contributed by atoms with E-state index in [9.17, 15) is 18.0 Å². The van der Waals surface area contributed by atoms with Gasteiger partial charge in [-0.2, -0.15) is 13.2 Å². The van der Waals surface area contributed by atoms with Crippen LogP contribution in [0, 0.1) is 0 Å². The zero-order valence-corrected chi connectivity index (χ0v) is 16.7. The van der Waals surface area contributed by atoms with Crippen molar-refractivity contribution in [2.75, 3.05) is 26.4 Å². The SMILES string of the molecule is O=C(C[C@H]1CC[C@]2(CCC3OCCO3)COC3(CCCCC3)N12)OCC(F)(F)F. The van der Waals surface area contributed by atoms with E-state index in [2.05, 4.69) is 9.64 Å². The zero-order chi connectivity index (χ0) is 20.5. The van der Waals surface area contributed by atoms with E-state index in [0.29, 0.717) is 19.8 Å². The van der Waals surface area contributed by atoms with Gasteiger partial charge in [0.2, 0.25) is 0 Å². The molecule has 0 amide bonds. The second-order valence-electron chi connectivity index (χ2n) is 8.77. The van der Waals surface area contributed by atoms with Crippen molar-refractivity contribution in [2.24, 2.45) is 0 Å². The molecule has 166 valence electrons. The van der Waals surface area contributed by atoms with Crippen LogP contribution in [-0.4, -0.2) is 67.1 Å². The first-order chi connectivity index (χ1) is 13.8. The first-order valence-corrected chi connectivity index (χ1v) is 10.7. The fraction of sp³-hybridized carbons (Fsp3) is 0.950. The van der Waals surface area contributed by atoms with E-state index in [-0.39, 0.29) is 24.3 Å². The van der Waals surface area contributed by atoms with Gasteiger partial charge in [0.1, 0.15) is 5.72 Å². The number of esters is 1. The van der Waals surface area contributed by atoms with Crippen molar-refractivity contribution < 1.29 is 36.9 Å². The molecule has 2 atom stereocenters. The highest BCUT2D eigenvalue weighted by molar-refractivity contribution is 5.70. The highest BCUT2D eigenvalue weighted by Gasteiger charge is 2.61. The second-order valence-corrected chi connectivity index (χ2v) is 8.77. The van der Waals surface area contributed by atoms with Gasteiger partial charge in [0.25, 0.3) is 0 Å². The van der Waals surface area contributed by atoms with Crippen LogP contribution in [-0.2, 0) is 23.7 Å². The van der Waals surface area contributed by atoms with E-state index in [4.69, 9.17) is 14.2 Å². The minimum absolute atomic E-state index is 0.0284. The molecule has 4 aliphatic rings. The first kappa shape index (κ1) is 21.3. The molecule has 0 aromatic rings. The van der Waals surface area contributed by atoms with Gasteiger partial charge in [0.05, 0.1) is 26.2 Å². The van der Waals surface area contributed by atoms with Crippen molar-refractivity contribution in [1.29, 1.82) is 0 Å². The Balaban J connectivity index is 1.46. The number of halogens is 3. The normalized spacial score (nSPS) is 32.7. The molecule has 6 nitrogen and oxygen atoms in total. The molecule has 0 N–H and O–H groups in total. The van der Waals surface area contributed by atoms with Gasteiger partial charge < -0.3 is 18.9 Å². The molecule has 9 heteroatoms. The van der Waals surface area contributed by atoms with E-state index in [0.717, 1.165) is 57.8 Å². The largest absolute Gasteiger partial charge is 0.456 e. The Morgan fingerprint density at radius 3 is 2.52 bits per heavy atom. The molecule has 29 heavy (non-hydrogen) atoms. The van der Waals surface area contributed by atoms with Crippen LogP contribution in [0.3, 0.4) is 0 Å². The number of hydrogen-bond acceptors (Lipinski definition) is 6. The predicted molar refractivity (Wildman–Crippen MR) is 95.9 cm³/mol. The second kappa shape index (κ2) is 8.32. The third kappa shape index (κ3) is 4.57. The summed E-state index contributed by atoms with van der Waals surface area (Å²) in [6.45, 7) is 0.278. The molecule has 0 unspecified atom stereocenters. The summed E-state index contributed by atoms with van der Waals surface area (Å²) >= 11 is 0. The number of carbonyl (C=O) groups is 1. The van der Waals surface area contributed by atoms with Gasteiger partial charge in [-0.05, 0) is 44.9 Å². The number of rotatable bonds is 6. The van der Waals surface area contributed by atoms with Crippen molar-refractivity contribution in [1.82, 2.24) is 4.90 Å². The molecule has 0 radical (unpaired) electrons. The lowest BCUT2D eigenvalue weighted by Crippen LogP contribution is -2.56. The van der Waals surface area contributed by atoms with E-state index in [1.165, 1.54) is 0 Å². The number of alkyl halides is 3. The van der Waals surface area contributed by atoms with Gasteiger partial charge in [-0.1, -0.05) is 6.42 Å². The van der Waals surface area contributed by atoms with E-state index < -0.39 is 24.5 Å². The van der Waals surface area contributed by atoms with Crippen LogP contribution in [0.2, 0.25) is 0 Å². The maximum absolute atomic E-state index is 12.4. The average Bonchev–Trinajstić information content (AvgIpc) is 3.38. The van der Waals surface area contributed by atoms with Crippen molar-refractivity contribution in [3.8, 4) is 0 Å². The van der Waals surface area contributed by atoms with Gasteiger partial charge in [0.15, 0.2) is 12.9 Å².